The fraction of sp³-hybridized carbons (Fsp3) is 0.941. The monoisotopic (exact) mass is 300 g/mol. The Kier molecular flexibility index (Phi) is 15.0. The quantitative estimate of drug-likeness (QED) is 0.489. The van der Waals surface area contributed by atoms with Crippen molar-refractivity contribution in [3.8, 4) is 0 Å². The summed E-state index contributed by atoms with van der Waals surface area (Å²) in [6.07, 6.45) is 8.97. The van der Waals surface area contributed by atoms with E-state index in [2.05, 4.69) is 31.0 Å². The maximum Gasteiger partial charge on any atom is 0.407 e. The molecule has 0 bridgehead atoms. The zero-order valence-electron chi connectivity index (χ0n) is 14.5. The smallest absolute Gasteiger partial charge is 0.407 e. The first-order valence-electron chi connectivity index (χ1n) is 8.87. The van der Waals surface area contributed by atoms with Crippen molar-refractivity contribution in [1.82, 2.24) is 10.2 Å². The number of carbonyl (C=O) groups is 1. The maximum absolute atomic E-state index is 11.4. The summed E-state index contributed by atoms with van der Waals surface area (Å²) in [5, 5.41) is 2.84. The highest BCUT2D eigenvalue weighted by molar-refractivity contribution is 5.66. The van der Waals surface area contributed by atoms with Crippen molar-refractivity contribution < 1.29 is 9.53 Å². The molecule has 1 amide bonds. The summed E-state index contributed by atoms with van der Waals surface area (Å²) < 4.78 is 5.12. The van der Waals surface area contributed by atoms with Crippen molar-refractivity contribution in [1.29, 1.82) is 0 Å². The minimum atomic E-state index is -0.264. The molecule has 0 fully saturated rings. The second kappa shape index (κ2) is 15.6. The molecule has 0 saturated carbocycles. The summed E-state index contributed by atoms with van der Waals surface area (Å²) in [5.74, 6) is 0. The van der Waals surface area contributed by atoms with E-state index >= 15 is 0 Å². The van der Waals surface area contributed by atoms with Gasteiger partial charge in [-0.15, -0.1) is 0 Å². The summed E-state index contributed by atoms with van der Waals surface area (Å²) in [4.78, 5) is 14.0. The van der Waals surface area contributed by atoms with E-state index in [1.54, 1.807) is 0 Å². The molecular formula is C17H36N2O2. The van der Waals surface area contributed by atoms with E-state index < -0.39 is 0 Å². The molecule has 0 atom stereocenters. The molecule has 0 rings (SSSR count). The number of alkyl carbamates (subject to hydrolysis) is 1. The first-order valence-corrected chi connectivity index (χ1v) is 8.87. The molecule has 0 aromatic heterocycles. The molecule has 0 spiro atoms. The number of rotatable bonds is 14. The van der Waals surface area contributed by atoms with Gasteiger partial charge in [0, 0.05) is 6.54 Å². The average molecular weight is 300 g/mol. The summed E-state index contributed by atoms with van der Waals surface area (Å²) in [6.45, 7) is 11.3. The van der Waals surface area contributed by atoms with Crippen molar-refractivity contribution in [2.45, 2.75) is 72.1 Å². The number of ether oxygens (including phenoxy) is 1. The molecule has 126 valence electrons. The Bertz CT molecular complexity index is 227. The van der Waals surface area contributed by atoms with E-state index in [-0.39, 0.29) is 6.09 Å². The van der Waals surface area contributed by atoms with Crippen molar-refractivity contribution in [2.75, 3.05) is 32.8 Å². The van der Waals surface area contributed by atoms with E-state index in [0.29, 0.717) is 13.2 Å². The summed E-state index contributed by atoms with van der Waals surface area (Å²) >= 11 is 0. The lowest BCUT2D eigenvalue weighted by molar-refractivity contribution is 0.143. The first-order chi connectivity index (χ1) is 10.2. The van der Waals surface area contributed by atoms with Crippen LogP contribution in [0, 0.1) is 0 Å². The van der Waals surface area contributed by atoms with Crippen LogP contribution in [0.15, 0.2) is 0 Å². The largest absolute Gasteiger partial charge is 0.450 e. The Morgan fingerprint density at radius 2 is 1.43 bits per heavy atom. The van der Waals surface area contributed by atoms with Crippen LogP contribution >= 0.6 is 0 Å². The third-order valence-corrected chi connectivity index (χ3v) is 3.56. The fourth-order valence-electron chi connectivity index (χ4n) is 2.16. The number of nitrogens with zero attached hydrogens (tertiary/aromatic N) is 1. The van der Waals surface area contributed by atoms with Gasteiger partial charge in [0.2, 0.25) is 0 Å². The van der Waals surface area contributed by atoms with Gasteiger partial charge in [-0.2, -0.15) is 0 Å². The van der Waals surface area contributed by atoms with Crippen molar-refractivity contribution in [3.05, 3.63) is 0 Å². The molecule has 0 aliphatic carbocycles. The molecule has 0 saturated heterocycles. The highest BCUT2D eigenvalue weighted by atomic mass is 16.5. The molecule has 0 heterocycles. The van der Waals surface area contributed by atoms with Gasteiger partial charge >= 0.3 is 6.09 Å². The predicted octanol–water partition coefficient (Wildman–Crippen LogP) is 4.20. The molecule has 0 aromatic carbocycles. The van der Waals surface area contributed by atoms with Crippen molar-refractivity contribution in [3.63, 3.8) is 0 Å². The average Bonchev–Trinajstić information content (AvgIpc) is 2.50. The Balaban J connectivity index is 3.60. The van der Waals surface area contributed by atoms with Crippen molar-refractivity contribution in [2.24, 2.45) is 0 Å². The topological polar surface area (TPSA) is 41.6 Å². The molecular weight excluding hydrogens is 264 g/mol. The van der Waals surface area contributed by atoms with E-state index in [1.807, 2.05) is 0 Å². The molecule has 4 nitrogen and oxygen atoms in total. The highest BCUT2D eigenvalue weighted by Crippen LogP contribution is 2.00. The number of nitrogens with one attached hydrogen (secondary N) is 1. The first kappa shape index (κ1) is 20.2. The summed E-state index contributed by atoms with van der Waals surface area (Å²) in [6, 6.07) is 0. The van der Waals surface area contributed by atoms with E-state index in [0.717, 1.165) is 32.2 Å². The van der Waals surface area contributed by atoms with Crippen LogP contribution in [0.2, 0.25) is 0 Å². The van der Waals surface area contributed by atoms with Gasteiger partial charge in [-0.3, -0.25) is 0 Å². The number of amides is 1. The van der Waals surface area contributed by atoms with Crippen LogP contribution in [0.1, 0.15) is 72.1 Å². The van der Waals surface area contributed by atoms with Gasteiger partial charge in [-0.1, -0.05) is 46.5 Å². The predicted molar refractivity (Wildman–Crippen MR) is 89.7 cm³/mol. The molecule has 0 aromatic rings. The fourth-order valence-corrected chi connectivity index (χ4v) is 2.16. The van der Waals surface area contributed by atoms with Gasteiger partial charge < -0.3 is 15.0 Å². The third kappa shape index (κ3) is 13.9. The lowest BCUT2D eigenvalue weighted by Gasteiger charge is -2.21. The second-order valence-electron chi connectivity index (χ2n) is 5.67. The minimum Gasteiger partial charge on any atom is -0.450 e. The molecule has 0 aliphatic heterocycles. The van der Waals surface area contributed by atoms with Crippen LogP contribution in [0.4, 0.5) is 4.79 Å². The number of hydrogen-bond donors (Lipinski definition) is 1. The molecule has 0 radical (unpaired) electrons. The van der Waals surface area contributed by atoms with Crippen LogP contribution in [0.5, 0.6) is 0 Å². The SMILES string of the molecule is CCCCCOC(=O)NCCCN(CCCC)CCCC. The second-order valence-corrected chi connectivity index (χ2v) is 5.67. The van der Waals surface area contributed by atoms with Gasteiger partial charge in [-0.05, 0) is 45.3 Å². The van der Waals surface area contributed by atoms with Crippen LogP contribution < -0.4 is 5.32 Å². The number of unbranched alkanes of at least 4 members (excludes halogenated alkanes) is 4. The molecule has 1 N–H and O–H groups in total. The van der Waals surface area contributed by atoms with E-state index in [9.17, 15) is 4.79 Å². The minimum absolute atomic E-state index is 0.264. The van der Waals surface area contributed by atoms with E-state index in [1.165, 1.54) is 38.8 Å². The molecule has 0 aliphatic rings. The van der Waals surface area contributed by atoms with Crippen molar-refractivity contribution >= 4 is 6.09 Å². The van der Waals surface area contributed by atoms with Crippen LogP contribution in [0.25, 0.3) is 0 Å². The summed E-state index contributed by atoms with van der Waals surface area (Å²) in [5.41, 5.74) is 0. The van der Waals surface area contributed by atoms with Gasteiger partial charge in [0.25, 0.3) is 0 Å². The standard InChI is InChI=1S/C17H36N2O2/c1-4-7-10-16-21-17(20)18-12-11-15-19(13-8-5-2)14-9-6-3/h4-16H2,1-3H3,(H,18,20). The van der Waals surface area contributed by atoms with Gasteiger partial charge in [0.05, 0.1) is 6.61 Å². The maximum atomic E-state index is 11.4. The molecule has 21 heavy (non-hydrogen) atoms. The normalized spacial score (nSPS) is 10.9. The Morgan fingerprint density at radius 3 is 2.00 bits per heavy atom. The molecule has 0 unspecified atom stereocenters. The number of hydrogen-bond acceptors (Lipinski definition) is 3. The summed E-state index contributed by atoms with van der Waals surface area (Å²) in [7, 11) is 0. The Morgan fingerprint density at radius 1 is 0.857 bits per heavy atom. The lowest BCUT2D eigenvalue weighted by atomic mass is 10.2. The third-order valence-electron chi connectivity index (χ3n) is 3.56. The van der Waals surface area contributed by atoms with Gasteiger partial charge in [0.1, 0.15) is 0 Å². The molecule has 4 heteroatoms. The van der Waals surface area contributed by atoms with E-state index in [4.69, 9.17) is 4.74 Å². The van der Waals surface area contributed by atoms with Gasteiger partial charge in [-0.25, -0.2) is 4.79 Å². The van der Waals surface area contributed by atoms with Gasteiger partial charge in [0.15, 0.2) is 0 Å². The number of carbonyl (C=O) groups excluding carboxylic acids is 1. The Hall–Kier alpha value is -0.770. The highest BCUT2D eigenvalue weighted by Gasteiger charge is 2.05. The Labute approximate surface area is 131 Å². The lowest BCUT2D eigenvalue weighted by Crippen LogP contribution is -2.31. The van der Waals surface area contributed by atoms with Crippen LogP contribution in [-0.4, -0.2) is 43.8 Å². The van der Waals surface area contributed by atoms with Crippen LogP contribution in [0.3, 0.4) is 0 Å². The zero-order chi connectivity index (χ0) is 15.8. The zero-order valence-corrected chi connectivity index (χ0v) is 14.5. The van der Waals surface area contributed by atoms with Crippen LogP contribution in [-0.2, 0) is 4.74 Å².